The number of ether oxygens (including phenoxy) is 1. The number of benzene rings is 1. The number of hydrogen-bond donors (Lipinski definition) is 2. The lowest BCUT2D eigenvalue weighted by Crippen LogP contribution is -2.13. The average Bonchev–Trinajstić information content (AvgIpc) is 2.56. The summed E-state index contributed by atoms with van der Waals surface area (Å²) in [7, 11) is 0. The molecular weight excluding hydrogens is 318 g/mol. The van der Waals surface area contributed by atoms with Crippen LogP contribution in [0.5, 0.6) is 0 Å². The molecule has 0 saturated carbocycles. The van der Waals surface area contributed by atoms with Gasteiger partial charge in [0.25, 0.3) is 0 Å². The summed E-state index contributed by atoms with van der Waals surface area (Å²) in [5, 5.41) is 0. The molecule has 0 aromatic heterocycles. The summed E-state index contributed by atoms with van der Waals surface area (Å²) in [4.78, 5) is 11.8. The fourth-order valence-corrected chi connectivity index (χ4v) is 2.62. The highest BCUT2D eigenvalue weighted by Gasteiger charge is 2.12. The van der Waals surface area contributed by atoms with E-state index in [1.165, 1.54) is 19.3 Å². The molecule has 1 atom stereocenters. The fraction of sp³-hybridized carbons (Fsp3) is 0.650. The predicted molar refractivity (Wildman–Crippen MR) is 107 cm³/mol. The minimum Gasteiger partial charge on any atom is -0.459 e. The molecule has 1 N–H and O–H groups in total. The number of carbonyl (C=O) groups excluding carboxylic acids is 1. The first-order valence-corrected chi connectivity index (χ1v) is 9.59. The Balaban J connectivity index is 0.00000254. The Hall–Kier alpha value is -1.00. The van der Waals surface area contributed by atoms with Crippen molar-refractivity contribution in [2.75, 3.05) is 0 Å². The molecule has 1 rings (SSSR count). The first kappa shape index (κ1) is 23.0. The van der Waals surface area contributed by atoms with Crippen LogP contribution in [0.25, 0.3) is 0 Å². The zero-order valence-electron chi connectivity index (χ0n) is 16.1. The first-order chi connectivity index (χ1) is 11.4. The van der Waals surface area contributed by atoms with Gasteiger partial charge < -0.3 is 4.74 Å². The molecule has 1 aromatic rings. The number of esters is 1. The van der Waals surface area contributed by atoms with Gasteiger partial charge in [0.05, 0.1) is 11.7 Å². The maximum atomic E-state index is 11.8. The Morgan fingerprint density at radius 3 is 2.04 bits per heavy atom. The SMILES string of the molecule is CC.CC(C)CCCCC(NS)c1ccc(C(=O)OC(C)C)cc1. The van der Waals surface area contributed by atoms with E-state index in [4.69, 9.17) is 4.74 Å². The van der Waals surface area contributed by atoms with Gasteiger partial charge >= 0.3 is 5.97 Å². The summed E-state index contributed by atoms with van der Waals surface area (Å²) in [6, 6.07) is 7.82. The summed E-state index contributed by atoms with van der Waals surface area (Å²) < 4.78 is 8.26. The number of unbranched alkanes of at least 4 members (excludes halogenated alkanes) is 1. The Labute approximate surface area is 154 Å². The van der Waals surface area contributed by atoms with Crippen molar-refractivity contribution in [3.05, 3.63) is 35.4 Å². The van der Waals surface area contributed by atoms with E-state index in [9.17, 15) is 4.79 Å². The van der Waals surface area contributed by atoms with E-state index >= 15 is 0 Å². The molecule has 0 fully saturated rings. The van der Waals surface area contributed by atoms with Gasteiger partial charge in [-0.05, 0) is 43.9 Å². The molecule has 1 aromatic carbocycles. The number of rotatable bonds is 9. The average molecular weight is 354 g/mol. The third-order valence-electron chi connectivity index (χ3n) is 3.57. The van der Waals surface area contributed by atoms with Crippen LogP contribution in [0.1, 0.15) is 89.2 Å². The van der Waals surface area contributed by atoms with Crippen molar-refractivity contribution in [2.24, 2.45) is 5.92 Å². The largest absolute Gasteiger partial charge is 0.459 e. The Kier molecular flexibility index (Phi) is 12.8. The van der Waals surface area contributed by atoms with Crippen molar-refractivity contribution in [3.8, 4) is 0 Å². The van der Waals surface area contributed by atoms with Crippen LogP contribution in [-0.4, -0.2) is 12.1 Å². The van der Waals surface area contributed by atoms with Gasteiger partial charge in [-0.25, -0.2) is 4.79 Å². The number of hydrogen-bond acceptors (Lipinski definition) is 4. The van der Waals surface area contributed by atoms with Crippen molar-refractivity contribution >= 4 is 18.8 Å². The molecule has 138 valence electrons. The van der Waals surface area contributed by atoms with Crippen molar-refractivity contribution in [2.45, 2.75) is 79.4 Å². The summed E-state index contributed by atoms with van der Waals surface area (Å²) in [5.41, 5.74) is 1.75. The predicted octanol–water partition coefficient (Wildman–Crippen LogP) is 5.97. The molecule has 4 heteroatoms. The molecule has 0 radical (unpaired) electrons. The highest BCUT2D eigenvalue weighted by Crippen LogP contribution is 2.22. The normalized spacial score (nSPS) is 11.9. The third-order valence-corrected chi connectivity index (χ3v) is 3.88. The lowest BCUT2D eigenvalue weighted by Gasteiger charge is -2.16. The van der Waals surface area contributed by atoms with E-state index in [-0.39, 0.29) is 18.1 Å². The van der Waals surface area contributed by atoms with Crippen LogP contribution in [0.3, 0.4) is 0 Å². The Morgan fingerprint density at radius 1 is 1.04 bits per heavy atom. The minimum atomic E-state index is -0.270. The highest BCUT2D eigenvalue weighted by atomic mass is 32.1. The Morgan fingerprint density at radius 2 is 1.58 bits per heavy atom. The van der Waals surface area contributed by atoms with Crippen molar-refractivity contribution in [1.82, 2.24) is 4.72 Å². The Bertz CT molecular complexity index is 443. The van der Waals surface area contributed by atoms with E-state index in [1.54, 1.807) is 0 Å². The zero-order chi connectivity index (χ0) is 18.5. The number of carbonyl (C=O) groups is 1. The summed E-state index contributed by atoms with van der Waals surface area (Å²) in [5.74, 6) is 0.488. The topological polar surface area (TPSA) is 38.3 Å². The van der Waals surface area contributed by atoms with Crippen LogP contribution in [0, 0.1) is 5.92 Å². The molecule has 0 spiro atoms. The molecular formula is C20H35NO2S. The molecule has 0 amide bonds. The fourth-order valence-electron chi connectivity index (χ4n) is 2.34. The second kappa shape index (κ2) is 13.3. The van der Waals surface area contributed by atoms with E-state index in [0.29, 0.717) is 5.56 Å². The molecule has 0 aliphatic heterocycles. The highest BCUT2D eigenvalue weighted by molar-refractivity contribution is 7.78. The smallest absolute Gasteiger partial charge is 0.338 e. The van der Waals surface area contributed by atoms with Crippen LogP contribution in [0.15, 0.2) is 24.3 Å². The van der Waals surface area contributed by atoms with Gasteiger partial charge in [0.1, 0.15) is 0 Å². The van der Waals surface area contributed by atoms with E-state index in [0.717, 1.165) is 17.9 Å². The molecule has 0 heterocycles. The van der Waals surface area contributed by atoms with E-state index in [1.807, 2.05) is 52.0 Å². The molecule has 0 bridgehead atoms. The van der Waals surface area contributed by atoms with Crippen LogP contribution in [0.4, 0.5) is 0 Å². The third kappa shape index (κ3) is 9.33. The number of thiol groups is 1. The lowest BCUT2D eigenvalue weighted by molar-refractivity contribution is 0.0378. The first-order valence-electron chi connectivity index (χ1n) is 9.14. The molecule has 3 nitrogen and oxygen atoms in total. The second-order valence-electron chi connectivity index (χ2n) is 6.44. The minimum absolute atomic E-state index is 0.0972. The van der Waals surface area contributed by atoms with Gasteiger partial charge in [-0.3, -0.25) is 4.72 Å². The summed E-state index contributed by atoms with van der Waals surface area (Å²) in [6.07, 6.45) is 4.63. The second-order valence-corrected chi connectivity index (χ2v) is 6.69. The van der Waals surface area contributed by atoms with Crippen molar-refractivity contribution in [1.29, 1.82) is 0 Å². The van der Waals surface area contributed by atoms with Gasteiger partial charge in [0.2, 0.25) is 0 Å². The van der Waals surface area contributed by atoms with Gasteiger partial charge in [0.15, 0.2) is 0 Å². The lowest BCUT2D eigenvalue weighted by atomic mass is 9.98. The van der Waals surface area contributed by atoms with E-state index < -0.39 is 0 Å². The summed E-state index contributed by atoms with van der Waals surface area (Å²) in [6.45, 7) is 12.2. The standard InChI is InChI=1S/C18H29NO2S.C2H6/c1-13(2)7-5-6-8-17(19-22)15-9-11-16(12-10-15)18(20)21-14(3)4;1-2/h9-14,17,19,22H,5-8H2,1-4H3;1-2H3. The molecule has 1 unspecified atom stereocenters. The molecule has 24 heavy (non-hydrogen) atoms. The van der Waals surface area contributed by atoms with Gasteiger partial charge in [0, 0.05) is 6.04 Å². The van der Waals surface area contributed by atoms with Crippen LogP contribution in [0.2, 0.25) is 0 Å². The quantitative estimate of drug-likeness (QED) is 0.326. The monoisotopic (exact) mass is 353 g/mol. The molecule has 0 aliphatic carbocycles. The van der Waals surface area contributed by atoms with E-state index in [2.05, 4.69) is 31.4 Å². The molecule has 0 saturated heterocycles. The van der Waals surface area contributed by atoms with Crippen molar-refractivity contribution in [3.63, 3.8) is 0 Å². The number of nitrogens with one attached hydrogen (secondary N) is 1. The zero-order valence-corrected chi connectivity index (χ0v) is 17.0. The van der Waals surface area contributed by atoms with Crippen LogP contribution >= 0.6 is 12.8 Å². The van der Waals surface area contributed by atoms with Gasteiger partial charge in [-0.15, -0.1) is 0 Å². The molecule has 0 aliphatic rings. The summed E-state index contributed by atoms with van der Waals surface area (Å²) >= 11 is 4.24. The van der Waals surface area contributed by atoms with Crippen molar-refractivity contribution < 1.29 is 9.53 Å². The van der Waals surface area contributed by atoms with Gasteiger partial charge in [-0.1, -0.05) is 71.9 Å². The maximum absolute atomic E-state index is 11.8. The van der Waals surface area contributed by atoms with Gasteiger partial charge in [-0.2, -0.15) is 0 Å². The maximum Gasteiger partial charge on any atom is 0.338 e. The van der Waals surface area contributed by atoms with Crippen LogP contribution in [-0.2, 0) is 4.74 Å². The van der Waals surface area contributed by atoms with Crippen LogP contribution < -0.4 is 4.72 Å².